The Balaban J connectivity index is 1.84. The van der Waals surface area contributed by atoms with E-state index >= 15 is 0 Å². The number of nitrogens with one attached hydrogen (secondary N) is 1. The Bertz CT molecular complexity index is 995. The fraction of sp³-hybridized carbons (Fsp3) is 0.381. The molecular weight excluding hydrogens is 383 g/mol. The lowest BCUT2D eigenvalue weighted by atomic mass is 10.1. The van der Waals surface area contributed by atoms with Crippen LogP contribution in [0.5, 0.6) is 5.75 Å². The van der Waals surface area contributed by atoms with E-state index in [-0.39, 0.29) is 5.43 Å². The van der Waals surface area contributed by atoms with E-state index in [1.807, 2.05) is 12.1 Å². The van der Waals surface area contributed by atoms with Crippen molar-refractivity contribution in [2.75, 3.05) is 26.2 Å². The number of hydrogen-bond donors (Lipinski definition) is 1. The van der Waals surface area contributed by atoms with Crippen LogP contribution < -0.4 is 10.2 Å². The van der Waals surface area contributed by atoms with Crippen molar-refractivity contribution in [1.29, 1.82) is 0 Å². The molecule has 1 aromatic heterocycles. The Kier molecular flexibility index (Phi) is 6.64. The van der Waals surface area contributed by atoms with Gasteiger partial charge in [0.2, 0.25) is 0 Å². The molecule has 0 aliphatic heterocycles. The lowest BCUT2D eigenvalue weighted by Crippen LogP contribution is -2.30. The predicted molar refractivity (Wildman–Crippen MR) is 115 cm³/mol. The van der Waals surface area contributed by atoms with Crippen LogP contribution in [0.2, 0.25) is 10.0 Å². The molecule has 144 valence electrons. The van der Waals surface area contributed by atoms with Crippen LogP contribution in [0.15, 0.2) is 35.1 Å². The molecule has 0 unspecified atom stereocenters. The van der Waals surface area contributed by atoms with Crippen LogP contribution in [0.1, 0.15) is 26.7 Å². The molecule has 0 amide bonds. The molecule has 3 aromatic rings. The van der Waals surface area contributed by atoms with Crippen LogP contribution in [-0.2, 0) is 0 Å². The highest BCUT2D eigenvalue weighted by atomic mass is 35.5. The quantitative estimate of drug-likeness (QED) is 0.503. The zero-order valence-corrected chi connectivity index (χ0v) is 17.2. The van der Waals surface area contributed by atoms with E-state index in [1.165, 1.54) is 0 Å². The fourth-order valence-electron chi connectivity index (χ4n) is 3.30. The standard InChI is InChI=1S/C21H24Cl2N2O2/c1-3-7-25(8-4-2)9-10-27-14-5-6-19-15(11-14)21(26)16-12-17(22)18(23)13-20(16)24-19/h5-6,11-13H,3-4,7-10H2,1-2H3,(H,24,26). The van der Waals surface area contributed by atoms with Gasteiger partial charge in [0.05, 0.1) is 21.1 Å². The van der Waals surface area contributed by atoms with Gasteiger partial charge in [-0.05, 0) is 56.3 Å². The summed E-state index contributed by atoms with van der Waals surface area (Å²) in [6.07, 6.45) is 2.26. The number of pyridine rings is 1. The fourth-order valence-corrected chi connectivity index (χ4v) is 3.63. The van der Waals surface area contributed by atoms with Crippen LogP contribution in [0.4, 0.5) is 0 Å². The number of aromatic nitrogens is 1. The van der Waals surface area contributed by atoms with Gasteiger partial charge in [-0.1, -0.05) is 37.0 Å². The second-order valence-electron chi connectivity index (χ2n) is 6.66. The Morgan fingerprint density at radius 2 is 1.59 bits per heavy atom. The van der Waals surface area contributed by atoms with E-state index in [9.17, 15) is 4.79 Å². The van der Waals surface area contributed by atoms with E-state index < -0.39 is 0 Å². The molecule has 2 aromatic carbocycles. The number of H-pyrrole nitrogens is 1. The molecule has 0 fully saturated rings. The summed E-state index contributed by atoms with van der Waals surface area (Å²) in [5.74, 6) is 0.695. The van der Waals surface area contributed by atoms with E-state index in [2.05, 4.69) is 23.7 Å². The number of nitrogens with zero attached hydrogens (tertiary/aromatic N) is 1. The first kappa shape index (κ1) is 20.0. The minimum absolute atomic E-state index is 0.0821. The molecule has 0 aliphatic rings. The van der Waals surface area contributed by atoms with Gasteiger partial charge in [0, 0.05) is 17.3 Å². The summed E-state index contributed by atoms with van der Waals surface area (Å²) in [6, 6.07) is 8.83. The first-order valence-electron chi connectivity index (χ1n) is 9.33. The normalized spacial score (nSPS) is 11.6. The van der Waals surface area contributed by atoms with E-state index in [0.29, 0.717) is 38.7 Å². The Morgan fingerprint density at radius 1 is 0.926 bits per heavy atom. The van der Waals surface area contributed by atoms with Gasteiger partial charge in [-0.15, -0.1) is 0 Å². The third kappa shape index (κ3) is 4.57. The van der Waals surface area contributed by atoms with Gasteiger partial charge in [0.25, 0.3) is 0 Å². The maximum absolute atomic E-state index is 12.9. The Morgan fingerprint density at radius 3 is 2.30 bits per heavy atom. The summed E-state index contributed by atoms with van der Waals surface area (Å²) < 4.78 is 5.91. The highest BCUT2D eigenvalue weighted by molar-refractivity contribution is 6.42. The number of halogens is 2. The first-order chi connectivity index (χ1) is 13.0. The van der Waals surface area contributed by atoms with Crippen molar-refractivity contribution in [1.82, 2.24) is 9.88 Å². The van der Waals surface area contributed by atoms with Gasteiger partial charge in [-0.2, -0.15) is 0 Å². The van der Waals surface area contributed by atoms with Gasteiger partial charge in [-0.25, -0.2) is 0 Å². The average molecular weight is 407 g/mol. The summed E-state index contributed by atoms with van der Waals surface area (Å²) in [5, 5.41) is 1.89. The Labute approximate surface area is 169 Å². The monoisotopic (exact) mass is 406 g/mol. The van der Waals surface area contributed by atoms with E-state index in [0.717, 1.165) is 38.0 Å². The topological polar surface area (TPSA) is 45.3 Å². The maximum Gasteiger partial charge on any atom is 0.197 e. The summed E-state index contributed by atoms with van der Waals surface area (Å²) in [7, 11) is 0. The maximum atomic E-state index is 12.9. The molecule has 6 heteroatoms. The van der Waals surface area contributed by atoms with Crippen LogP contribution in [0.3, 0.4) is 0 Å². The molecule has 4 nitrogen and oxygen atoms in total. The highest BCUT2D eigenvalue weighted by Crippen LogP contribution is 2.27. The lowest BCUT2D eigenvalue weighted by Gasteiger charge is -2.20. The lowest BCUT2D eigenvalue weighted by molar-refractivity contribution is 0.209. The molecule has 0 spiro atoms. The number of rotatable bonds is 8. The predicted octanol–water partition coefficient (Wildman–Crippen LogP) is 5.49. The number of ether oxygens (including phenoxy) is 1. The Hall–Kier alpha value is -1.75. The van der Waals surface area contributed by atoms with Crippen molar-refractivity contribution in [3.63, 3.8) is 0 Å². The molecule has 0 radical (unpaired) electrons. The van der Waals surface area contributed by atoms with E-state index in [4.69, 9.17) is 27.9 Å². The van der Waals surface area contributed by atoms with Crippen molar-refractivity contribution >= 4 is 45.0 Å². The molecule has 27 heavy (non-hydrogen) atoms. The van der Waals surface area contributed by atoms with Gasteiger partial charge < -0.3 is 9.72 Å². The summed E-state index contributed by atoms with van der Waals surface area (Å²) in [4.78, 5) is 18.5. The summed E-state index contributed by atoms with van der Waals surface area (Å²) in [5.41, 5.74) is 1.34. The largest absolute Gasteiger partial charge is 0.492 e. The summed E-state index contributed by atoms with van der Waals surface area (Å²) in [6.45, 7) is 7.99. The number of aromatic amines is 1. The number of fused-ring (bicyclic) bond motifs is 2. The van der Waals surface area contributed by atoms with Crippen molar-refractivity contribution in [3.05, 3.63) is 50.6 Å². The number of benzene rings is 2. The zero-order valence-electron chi connectivity index (χ0n) is 15.6. The van der Waals surface area contributed by atoms with Gasteiger partial charge in [0.15, 0.2) is 5.43 Å². The second kappa shape index (κ2) is 8.96. The molecule has 1 N–H and O–H groups in total. The SMILES string of the molecule is CCCN(CCC)CCOc1ccc2[nH]c3cc(Cl)c(Cl)cc3c(=O)c2c1. The molecule has 0 saturated carbocycles. The second-order valence-corrected chi connectivity index (χ2v) is 7.48. The van der Waals surface area contributed by atoms with Gasteiger partial charge in [0.1, 0.15) is 12.4 Å². The minimum atomic E-state index is -0.0821. The third-order valence-electron chi connectivity index (χ3n) is 4.57. The molecule has 3 rings (SSSR count). The molecule has 0 bridgehead atoms. The molecule has 0 atom stereocenters. The van der Waals surface area contributed by atoms with E-state index in [1.54, 1.807) is 18.2 Å². The zero-order chi connectivity index (χ0) is 19.4. The van der Waals surface area contributed by atoms with Crippen molar-refractivity contribution < 1.29 is 4.74 Å². The van der Waals surface area contributed by atoms with Crippen LogP contribution >= 0.6 is 23.2 Å². The third-order valence-corrected chi connectivity index (χ3v) is 5.29. The van der Waals surface area contributed by atoms with Gasteiger partial charge in [-0.3, -0.25) is 9.69 Å². The smallest absolute Gasteiger partial charge is 0.197 e. The van der Waals surface area contributed by atoms with Crippen molar-refractivity contribution in [3.8, 4) is 5.75 Å². The van der Waals surface area contributed by atoms with Crippen LogP contribution in [0.25, 0.3) is 21.8 Å². The minimum Gasteiger partial charge on any atom is -0.492 e. The molecule has 0 saturated heterocycles. The molecule has 0 aliphatic carbocycles. The molecular formula is C21H24Cl2N2O2. The molecule has 1 heterocycles. The van der Waals surface area contributed by atoms with Crippen LogP contribution in [-0.4, -0.2) is 36.1 Å². The average Bonchev–Trinajstić information content (AvgIpc) is 2.64. The van der Waals surface area contributed by atoms with Crippen molar-refractivity contribution in [2.24, 2.45) is 0 Å². The number of hydrogen-bond acceptors (Lipinski definition) is 3. The van der Waals surface area contributed by atoms with Crippen molar-refractivity contribution in [2.45, 2.75) is 26.7 Å². The highest BCUT2D eigenvalue weighted by Gasteiger charge is 2.10. The summed E-state index contributed by atoms with van der Waals surface area (Å²) >= 11 is 12.1. The van der Waals surface area contributed by atoms with Crippen LogP contribution in [0, 0.1) is 0 Å². The first-order valence-corrected chi connectivity index (χ1v) is 10.1. The van der Waals surface area contributed by atoms with Gasteiger partial charge >= 0.3 is 0 Å².